The normalized spacial score (nSPS) is 18.1. The van der Waals surface area contributed by atoms with Gasteiger partial charge in [-0.05, 0) is 64.1 Å². The first-order chi connectivity index (χ1) is 21.6. The summed E-state index contributed by atoms with van der Waals surface area (Å²) in [7, 11) is 0.808. The van der Waals surface area contributed by atoms with Gasteiger partial charge in [0.1, 0.15) is 11.6 Å². The molecule has 12 nitrogen and oxygen atoms in total. The van der Waals surface area contributed by atoms with Crippen LogP contribution in [0.2, 0.25) is 0 Å². The number of hydrogen-bond donors (Lipinski definition) is 1. The summed E-state index contributed by atoms with van der Waals surface area (Å²) in [6.45, 7) is 5.28. The number of hydrogen-bond acceptors (Lipinski definition) is 10. The molecule has 1 N–H and O–H groups in total. The highest BCUT2D eigenvalue weighted by Gasteiger charge is 2.38. The van der Waals surface area contributed by atoms with E-state index in [0.717, 1.165) is 53.4 Å². The molecule has 3 aliphatic rings. The van der Waals surface area contributed by atoms with Gasteiger partial charge < -0.3 is 15.1 Å². The van der Waals surface area contributed by atoms with E-state index in [1.807, 2.05) is 29.3 Å². The zero-order valence-electron chi connectivity index (χ0n) is 25.9. The van der Waals surface area contributed by atoms with Gasteiger partial charge in [0, 0.05) is 44.3 Å². The lowest BCUT2D eigenvalue weighted by atomic mass is 9.80. The van der Waals surface area contributed by atoms with E-state index in [1.165, 1.54) is 25.2 Å². The Morgan fingerprint density at radius 3 is 2.53 bits per heavy atom. The summed E-state index contributed by atoms with van der Waals surface area (Å²) in [5.41, 5.74) is 3.58. The van der Waals surface area contributed by atoms with Crippen molar-refractivity contribution < 1.29 is 8.42 Å². The van der Waals surface area contributed by atoms with E-state index in [4.69, 9.17) is 4.98 Å². The summed E-state index contributed by atoms with van der Waals surface area (Å²) in [6, 6.07) is 4.31. The van der Waals surface area contributed by atoms with Crippen molar-refractivity contribution in [1.82, 2.24) is 38.8 Å². The number of aromatic nitrogens is 7. The van der Waals surface area contributed by atoms with Gasteiger partial charge in [0.2, 0.25) is 0 Å². The number of nitrogens with zero attached hydrogens (tertiary/aromatic N) is 9. The smallest absolute Gasteiger partial charge is 0.256 e. The van der Waals surface area contributed by atoms with Gasteiger partial charge in [-0.25, -0.2) is 23.4 Å². The summed E-state index contributed by atoms with van der Waals surface area (Å²) in [5, 5.41) is 11.5. The Labute approximate surface area is 263 Å². The van der Waals surface area contributed by atoms with E-state index in [0.29, 0.717) is 41.9 Å². The Kier molecular flexibility index (Phi) is 7.57. The molecule has 0 unspecified atom stereocenters. The fraction of sp³-hybridized carbons (Fsp3) is 0.469. The van der Waals surface area contributed by atoms with E-state index in [9.17, 15) is 8.42 Å². The number of piperidine rings is 1. The van der Waals surface area contributed by atoms with Gasteiger partial charge in [0.15, 0.2) is 5.82 Å². The van der Waals surface area contributed by atoms with Crippen LogP contribution >= 0.6 is 0 Å². The molecule has 0 amide bonds. The van der Waals surface area contributed by atoms with Crippen LogP contribution in [0.3, 0.4) is 0 Å². The fourth-order valence-corrected chi connectivity index (χ4v) is 7.41. The molecule has 2 saturated carbocycles. The van der Waals surface area contributed by atoms with E-state index in [2.05, 4.69) is 68.1 Å². The highest BCUT2D eigenvalue weighted by Crippen LogP contribution is 2.36. The molecule has 0 spiro atoms. The van der Waals surface area contributed by atoms with Gasteiger partial charge in [-0.1, -0.05) is 18.8 Å². The second kappa shape index (κ2) is 11.6. The average Bonchev–Trinajstić information content (AvgIpc) is 3.95. The molecule has 7 rings (SSSR count). The van der Waals surface area contributed by atoms with Gasteiger partial charge in [-0.3, -0.25) is 4.68 Å². The van der Waals surface area contributed by atoms with Crippen LogP contribution in [0, 0.1) is 17.3 Å². The van der Waals surface area contributed by atoms with Crippen molar-refractivity contribution >= 4 is 27.3 Å². The monoisotopic (exact) mass is 626 g/mol. The van der Waals surface area contributed by atoms with Gasteiger partial charge in [-0.15, -0.1) is 0 Å². The minimum atomic E-state index is -3.47. The van der Waals surface area contributed by atoms with Crippen LogP contribution in [0.1, 0.15) is 62.6 Å². The minimum absolute atomic E-state index is 0.264. The molecule has 0 bridgehead atoms. The van der Waals surface area contributed by atoms with Gasteiger partial charge in [0.05, 0.1) is 52.3 Å². The molecule has 5 heterocycles. The van der Waals surface area contributed by atoms with E-state index < -0.39 is 10.0 Å². The second-order valence-corrected chi connectivity index (χ2v) is 15.1. The summed E-state index contributed by atoms with van der Waals surface area (Å²) in [6.07, 6.45) is 16.1. The van der Waals surface area contributed by atoms with Crippen molar-refractivity contribution in [1.29, 1.82) is 0 Å². The van der Waals surface area contributed by atoms with Crippen LogP contribution in [-0.2, 0) is 10.0 Å². The Morgan fingerprint density at radius 2 is 1.80 bits per heavy atom. The molecule has 1 aliphatic heterocycles. The number of anilines is 3. The summed E-state index contributed by atoms with van der Waals surface area (Å²) in [4.78, 5) is 18.4. The molecule has 45 heavy (non-hydrogen) atoms. The molecule has 1 saturated heterocycles. The summed E-state index contributed by atoms with van der Waals surface area (Å²) in [5.74, 6) is 8.23. The van der Waals surface area contributed by atoms with Crippen LogP contribution in [0.15, 0.2) is 49.3 Å². The second-order valence-electron chi connectivity index (χ2n) is 13.0. The molecular formula is C32H38N10O2S. The Morgan fingerprint density at radius 1 is 1.00 bits per heavy atom. The van der Waals surface area contributed by atoms with Crippen LogP contribution in [0.25, 0.3) is 11.4 Å². The molecule has 0 atom stereocenters. The third kappa shape index (κ3) is 6.57. The van der Waals surface area contributed by atoms with Crippen molar-refractivity contribution in [2.75, 3.05) is 43.9 Å². The quantitative estimate of drug-likeness (QED) is 0.273. The van der Waals surface area contributed by atoms with Crippen LogP contribution in [0.4, 0.5) is 17.3 Å². The maximum Gasteiger partial charge on any atom is 0.256 e. The molecule has 13 heteroatoms. The lowest BCUT2D eigenvalue weighted by molar-refractivity contribution is 0.175. The predicted molar refractivity (Wildman–Crippen MR) is 173 cm³/mol. The molecule has 234 valence electrons. The predicted octanol–water partition coefficient (Wildman–Crippen LogP) is 3.92. The molecule has 0 aromatic carbocycles. The van der Waals surface area contributed by atoms with E-state index in [-0.39, 0.29) is 10.7 Å². The standard InChI is InChI=1S/C32H38N10O2S/c1-32(22-39(2)3)11-14-40(15-12-32)28-16-30(34-18-24(28)5-4-23-17-35-41(20-23)26-6-7-26)37-29-10-13-33-31(38-29)25-19-36-42(21-25)45(43,44)27-8-9-27/h10,13,16-21,26-27H,6-9,11-12,14-15,22H2,1-3H3,(H,33,34,37,38). The SMILES string of the molecule is CN(C)CC1(C)CCN(c2cc(Nc3ccnc(-c4cnn(S(=O)(=O)C5CC5)c4)n3)ncc2C#Cc2cnn(C3CC3)c2)CC1. The zero-order valence-corrected chi connectivity index (χ0v) is 26.7. The molecule has 4 aromatic rings. The molecule has 2 aliphatic carbocycles. The first kappa shape index (κ1) is 29.4. The lowest BCUT2D eigenvalue weighted by Gasteiger charge is -2.42. The van der Waals surface area contributed by atoms with Gasteiger partial charge in [0.25, 0.3) is 10.0 Å². The first-order valence-corrected chi connectivity index (χ1v) is 17.0. The third-order valence-corrected chi connectivity index (χ3v) is 10.7. The van der Waals surface area contributed by atoms with Crippen molar-refractivity contribution in [3.05, 3.63) is 60.4 Å². The lowest BCUT2D eigenvalue weighted by Crippen LogP contribution is -2.43. The van der Waals surface area contributed by atoms with E-state index in [1.54, 1.807) is 12.3 Å². The maximum absolute atomic E-state index is 12.6. The first-order valence-electron chi connectivity index (χ1n) is 15.5. The van der Waals surface area contributed by atoms with E-state index >= 15 is 0 Å². The zero-order chi connectivity index (χ0) is 31.2. The summed E-state index contributed by atoms with van der Waals surface area (Å²) < 4.78 is 28.2. The van der Waals surface area contributed by atoms with Crippen molar-refractivity contribution in [3.63, 3.8) is 0 Å². The number of pyridine rings is 1. The van der Waals surface area contributed by atoms with Crippen LogP contribution in [0.5, 0.6) is 0 Å². The Hall–Kier alpha value is -4.28. The topological polar surface area (TPSA) is 127 Å². The molecule has 0 radical (unpaired) electrons. The molecule has 4 aromatic heterocycles. The van der Waals surface area contributed by atoms with Crippen LogP contribution in [-0.4, -0.2) is 86.2 Å². The largest absolute Gasteiger partial charge is 0.370 e. The summed E-state index contributed by atoms with van der Waals surface area (Å²) >= 11 is 0. The Bertz CT molecular complexity index is 1870. The van der Waals surface area contributed by atoms with Crippen molar-refractivity contribution in [3.8, 4) is 23.2 Å². The van der Waals surface area contributed by atoms with Gasteiger partial charge >= 0.3 is 0 Å². The number of nitrogens with one attached hydrogen (secondary N) is 1. The third-order valence-electron chi connectivity index (χ3n) is 8.69. The molecule has 3 fully saturated rings. The minimum Gasteiger partial charge on any atom is -0.370 e. The fourth-order valence-electron chi connectivity index (χ4n) is 5.94. The highest BCUT2D eigenvalue weighted by atomic mass is 32.2. The molecular weight excluding hydrogens is 588 g/mol. The van der Waals surface area contributed by atoms with Crippen molar-refractivity contribution in [2.24, 2.45) is 5.41 Å². The Balaban J connectivity index is 1.14. The highest BCUT2D eigenvalue weighted by molar-refractivity contribution is 7.90. The average molecular weight is 627 g/mol. The maximum atomic E-state index is 12.6. The number of rotatable bonds is 9. The van der Waals surface area contributed by atoms with Crippen molar-refractivity contribution in [2.45, 2.75) is 56.7 Å². The van der Waals surface area contributed by atoms with Crippen LogP contribution < -0.4 is 10.2 Å². The van der Waals surface area contributed by atoms with Gasteiger partial charge in [-0.2, -0.15) is 14.3 Å².